The molecule has 1 aromatic carbocycles. The van der Waals surface area contributed by atoms with Gasteiger partial charge in [-0.15, -0.1) is 0 Å². The lowest BCUT2D eigenvalue weighted by atomic mass is 9.82. The van der Waals surface area contributed by atoms with Crippen molar-refractivity contribution in [1.82, 2.24) is 5.32 Å². The Morgan fingerprint density at radius 2 is 1.80 bits per heavy atom. The molecule has 114 valence electrons. The van der Waals surface area contributed by atoms with E-state index in [2.05, 4.69) is 50.4 Å². The van der Waals surface area contributed by atoms with Crippen LogP contribution in [0.15, 0.2) is 24.3 Å². The minimum atomic E-state index is 0.755. The third-order valence-corrected chi connectivity index (χ3v) is 4.20. The first kappa shape index (κ1) is 17.2. The molecule has 1 aliphatic heterocycles. The van der Waals surface area contributed by atoms with Gasteiger partial charge < -0.3 is 5.32 Å². The van der Waals surface area contributed by atoms with Gasteiger partial charge in [0.25, 0.3) is 0 Å². The predicted molar refractivity (Wildman–Crippen MR) is 90.3 cm³/mol. The summed E-state index contributed by atoms with van der Waals surface area (Å²) in [5, 5.41) is 3.48. The van der Waals surface area contributed by atoms with E-state index in [1.54, 1.807) is 0 Å². The molecule has 1 aromatic rings. The molecule has 0 spiro atoms. The van der Waals surface area contributed by atoms with E-state index in [1.807, 2.05) is 13.8 Å². The maximum absolute atomic E-state index is 3.48. The van der Waals surface area contributed by atoms with Crippen molar-refractivity contribution in [2.75, 3.05) is 13.1 Å². The highest BCUT2D eigenvalue weighted by molar-refractivity contribution is 5.26. The molecule has 1 fully saturated rings. The summed E-state index contributed by atoms with van der Waals surface area (Å²) >= 11 is 0. The third kappa shape index (κ3) is 5.28. The average Bonchev–Trinajstić information content (AvgIpc) is 2.48. The van der Waals surface area contributed by atoms with Crippen molar-refractivity contribution in [2.45, 2.75) is 59.8 Å². The van der Waals surface area contributed by atoms with Gasteiger partial charge >= 0.3 is 0 Å². The van der Waals surface area contributed by atoms with Gasteiger partial charge in [0.15, 0.2) is 0 Å². The van der Waals surface area contributed by atoms with Crippen molar-refractivity contribution in [1.29, 1.82) is 0 Å². The van der Waals surface area contributed by atoms with E-state index in [9.17, 15) is 0 Å². The van der Waals surface area contributed by atoms with E-state index in [1.165, 1.54) is 43.5 Å². The average molecular weight is 275 g/mol. The standard InChI is InChI=1S/C17H27N.C2H6/c1-13(2)4-5-15-6-8-16(9-7-15)17-10-11-18-12-14(17)3;1-2/h6-9,13-14,17-18H,4-5,10-12H2,1-3H3;1-2H3. The number of aryl methyl sites for hydroxylation is 1. The fourth-order valence-electron chi connectivity index (χ4n) is 2.90. The molecular formula is C19H33N. The zero-order valence-electron chi connectivity index (χ0n) is 14.1. The zero-order chi connectivity index (χ0) is 15.0. The summed E-state index contributed by atoms with van der Waals surface area (Å²) < 4.78 is 0. The van der Waals surface area contributed by atoms with Crippen LogP contribution in [0.4, 0.5) is 0 Å². The van der Waals surface area contributed by atoms with Crippen LogP contribution < -0.4 is 5.32 Å². The smallest absolute Gasteiger partial charge is 0.00173 e. The highest BCUT2D eigenvalue weighted by Crippen LogP contribution is 2.30. The third-order valence-electron chi connectivity index (χ3n) is 4.20. The fraction of sp³-hybridized carbons (Fsp3) is 0.684. The normalized spacial score (nSPS) is 22.3. The molecule has 2 unspecified atom stereocenters. The Bertz CT molecular complexity index is 353. The second kappa shape index (κ2) is 9.18. The van der Waals surface area contributed by atoms with Crippen LogP contribution in [0, 0.1) is 11.8 Å². The van der Waals surface area contributed by atoms with Gasteiger partial charge in [-0.1, -0.05) is 58.9 Å². The fourth-order valence-corrected chi connectivity index (χ4v) is 2.90. The molecule has 2 rings (SSSR count). The van der Waals surface area contributed by atoms with Crippen LogP contribution in [-0.4, -0.2) is 13.1 Å². The summed E-state index contributed by atoms with van der Waals surface area (Å²) in [5.74, 6) is 2.32. The molecule has 1 aliphatic rings. The van der Waals surface area contributed by atoms with Gasteiger partial charge in [-0.25, -0.2) is 0 Å². The van der Waals surface area contributed by atoms with Crippen LogP contribution in [0.2, 0.25) is 0 Å². The van der Waals surface area contributed by atoms with Crippen molar-refractivity contribution in [3.8, 4) is 0 Å². The van der Waals surface area contributed by atoms with Crippen LogP contribution in [0.25, 0.3) is 0 Å². The minimum absolute atomic E-state index is 0.755. The Hall–Kier alpha value is -0.820. The zero-order valence-corrected chi connectivity index (χ0v) is 14.1. The lowest BCUT2D eigenvalue weighted by molar-refractivity contribution is 0.349. The number of rotatable bonds is 4. The lowest BCUT2D eigenvalue weighted by Gasteiger charge is -2.30. The predicted octanol–water partition coefficient (Wildman–Crippen LogP) is 5.01. The van der Waals surface area contributed by atoms with E-state index in [-0.39, 0.29) is 0 Å². The van der Waals surface area contributed by atoms with Crippen LogP contribution in [0.3, 0.4) is 0 Å². The highest BCUT2D eigenvalue weighted by atomic mass is 14.9. The molecule has 0 saturated carbocycles. The second-order valence-corrected chi connectivity index (χ2v) is 6.25. The van der Waals surface area contributed by atoms with Gasteiger partial charge in [0.05, 0.1) is 0 Å². The summed E-state index contributed by atoms with van der Waals surface area (Å²) in [5.41, 5.74) is 3.03. The van der Waals surface area contributed by atoms with Crippen LogP contribution in [0.5, 0.6) is 0 Å². The van der Waals surface area contributed by atoms with Crippen molar-refractivity contribution in [2.24, 2.45) is 11.8 Å². The summed E-state index contributed by atoms with van der Waals surface area (Å²) in [4.78, 5) is 0. The van der Waals surface area contributed by atoms with Gasteiger partial charge in [0.1, 0.15) is 0 Å². The molecule has 0 aliphatic carbocycles. The molecular weight excluding hydrogens is 242 g/mol. The molecule has 0 aromatic heterocycles. The highest BCUT2D eigenvalue weighted by Gasteiger charge is 2.22. The second-order valence-electron chi connectivity index (χ2n) is 6.25. The van der Waals surface area contributed by atoms with Gasteiger partial charge in [-0.2, -0.15) is 0 Å². The van der Waals surface area contributed by atoms with Crippen molar-refractivity contribution < 1.29 is 0 Å². The molecule has 0 amide bonds. The Labute approximate surface area is 126 Å². The lowest BCUT2D eigenvalue weighted by Crippen LogP contribution is -2.33. The Balaban J connectivity index is 0.000000956. The monoisotopic (exact) mass is 275 g/mol. The van der Waals surface area contributed by atoms with Gasteiger partial charge in [-0.3, -0.25) is 0 Å². The molecule has 1 nitrogen and oxygen atoms in total. The Morgan fingerprint density at radius 1 is 1.15 bits per heavy atom. The Kier molecular flexibility index (Phi) is 7.91. The molecule has 0 radical (unpaired) electrons. The first-order valence-electron chi connectivity index (χ1n) is 8.46. The summed E-state index contributed by atoms with van der Waals surface area (Å²) in [6, 6.07) is 9.41. The summed E-state index contributed by atoms with van der Waals surface area (Å²) in [7, 11) is 0. The maximum atomic E-state index is 3.48. The number of piperidine rings is 1. The van der Waals surface area contributed by atoms with E-state index in [4.69, 9.17) is 0 Å². The molecule has 0 bridgehead atoms. The molecule has 1 saturated heterocycles. The van der Waals surface area contributed by atoms with Gasteiger partial charge in [0.2, 0.25) is 0 Å². The van der Waals surface area contributed by atoms with Crippen LogP contribution in [-0.2, 0) is 6.42 Å². The number of benzene rings is 1. The minimum Gasteiger partial charge on any atom is -0.316 e. The van der Waals surface area contributed by atoms with Crippen LogP contribution >= 0.6 is 0 Å². The molecule has 1 heteroatoms. The maximum Gasteiger partial charge on any atom is -0.00173 e. The van der Waals surface area contributed by atoms with Crippen molar-refractivity contribution in [3.63, 3.8) is 0 Å². The largest absolute Gasteiger partial charge is 0.316 e. The summed E-state index contributed by atoms with van der Waals surface area (Å²) in [6.45, 7) is 13.3. The van der Waals surface area contributed by atoms with E-state index >= 15 is 0 Å². The number of hydrogen-bond donors (Lipinski definition) is 1. The van der Waals surface area contributed by atoms with Crippen molar-refractivity contribution in [3.05, 3.63) is 35.4 Å². The van der Waals surface area contributed by atoms with Crippen molar-refractivity contribution >= 4 is 0 Å². The molecule has 20 heavy (non-hydrogen) atoms. The van der Waals surface area contributed by atoms with Crippen LogP contribution in [0.1, 0.15) is 64.5 Å². The quantitative estimate of drug-likeness (QED) is 0.814. The van der Waals surface area contributed by atoms with E-state index in [0.29, 0.717) is 0 Å². The SMILES string of the molecule is CC.CC(C)CCc1ccc(C2CCNCC2C)cc1. The van der Waals surface area contributed by atoms with Gasteiger partial charge in [0, 0.05) is 0 Å². The topological polar surface area (TPSA) is 12.0 Å². The Morgan fingerprint density at radius 3 is 2.35 bits per heavy atom. The molecule has 1 N–H and O–H groups in total. The first-order valence-corrected chi connectivity index (χ1v) is 8.46. The molecule has 1 heterocycles. The van der Waals surface area contributed by atoms with E-state index in [0.717, 1.165) is 17.8 Å². The van der Waals surface area contributed by atoms with Gasteiger partial charge in [-0.05, 0) is 61.2 Å². The van der Waals surface area contributed by atoms with E-state index < -0.39 is 0 Å². The summed E-state index contributed by atoms with van der Waals surface area (Å²) in [6.07, 6.45) is 3.80. The first-order chi connectivity index (χ1) is 9.66. The molecule has 2 atom stereocenters. The number of nitrogens with one attached hydrogen (secondary N) is 1. The number of hydrogen-bond acceptors (Lipinski definition) is 1.